The highest BCUT2D eigenvalue weighted by atomic mass is 16.4. The molecule has 12 nitrogen and oxygen atoms in total. The molecule has 3 atom stereocenters. The summed E-state index contributed by atoms with van der Waals surface area (Å²) in [7, 11) is 4.98. The summed E-state index contributed by atoms with van der Waals surface area (Å²) >= 11 is 0. The largest absolute Gasteiger partial charge is 0.465 e. The average Bonchev–Trinajstić information content (AvgIpc) is 3.98. The van der Waals surface area contributed by atoms with Crippen LogP contribution in [0, 0.1) is 0 Å². The molecule has 2 aromatic heterocycles. The molecule has 7 rings (SSSR count). The molecule has 0 unspecified atom stereocenters. The van der Waals surface area contributed by atoms with Crippen LogP contribution in [0.1, 0.15) is 61.0 Å². The number of nitrogens with zero attached hydrogens (tertiary/aromatic N) is 6. The summed E-state index contributed by atoms with van der Waals surface area (Å²) in [6.45, 7) is 1.26. The van der Waals surface area contributed by atoms with Crippen molar-refractivity contribution in [3.05, 3.63) is 108 Å². The quantitative estimate of drug-likeness (QED) is 0.161. The van der Waals surface area contributed by atoms with Crippen LogP contribution < -0.4 is 0 Å². The molecule has 2 fully saturated rings. The third kappa shape index (κ3) is 6.69. The van der Waals surface area contributed by atoms with E-state index >= 15 is 0 Å². The van der Waals surface area contributed by atoms with E-state index in [2.05, 4.69) is 68.5 Å². The standard InChI is InChI=1S/C39H42N8O4/c1-44(2)38(49)47-22-8-12-33(47)36-41-24-31(43-36)28-19-15-26(16-20-28)25-13-17-27(18-14-25)30-23-40-35(42-30)32-11-7-21-46(32)37(48)34(45(3)39(50)51)29-9-5-4-6-10-29/h4-6,9-10,13-20,23-24,32-34H,7-8,11-12,21-22H2,1-3H3,(H,40,42)(H,41,43)(H,50,51)/t32-,33-,34+/m0/s1. The molecule has 3 aromatic carbocycles. The van der Waals surface area contributed by atoms with Crippen LogP contribution in [0.5, 0.6) is 0 Å². The van der Waals surface area contributed by atoms with E-state index in [1.807, 2.05) is 29.3 Å². The van der Waals surface area contributed by atoms with E-state index in [0.717, 1.165) is 76.6 Å². The van der Waals surface area contributed by atoms with Crippen LogP contribution in [-0.4, -0.2) is 96.9 Å². The monoisotopic (exact) mass is 686 g/mol. The van der Waals surface area contributed by atoms with Crippen molar-refractivity contribution in [2.45, 2.75) is 43.8 Å². The first-order valence-electron chi connectivity index (χ1n) is 17.3. The van der Waals surface area contributed by atoms with Gasteiger partial charge in [0.05, 0.1) is 35.9 Å². The second-order valence-electron chi connectivity index (χ2n) is 13.4. The highest BCUT2D eigenvalue weighted by Gasteiger charge is 2.39. The number of hydrogen-bond donors (Lipinski definition) is 3. The van der Waals surface area contributed by atoms with Gasteiger partial charge in [-0.05, 0) is 53.5 Å². The second-order valence-corrected chi connectivity index (χ2v) is 13.4. The van der Waals surface area contributed by atoms with Gasteiger partial charge in [0.1, 0.15) is 17.7 Å². The summed E-state index contributed by atoms with van der Waals surface area (Å²) in [5, 5.41) is 9.76. The molecule has 3 N–H and O–H groups in total. The molecule has 4 amide bonds. The number of likely N-dealkylation sites (N-methyl/N-ethyl adjacent to an activating group) is 1. The summed E-state index contributed by atoms with van der Waals surface area (Å²) in [6.07, 6.45) is 5.85. The van der Waals surface area contributed by atoms with Crippen molar-refractivity contribution in [3.63, 3.8) is 0 Å². The first-order chi connectivity index (χ1) is 24.7. The van der Waals surface area contributed by atoms with E-state index in [1.165, 1.54) is 7.05 Å². The SMILES string of the molecule is CN(C)C(=O)N1CCC[C@H]1c1ncc(-c2ccc(-c3ccc(-c4cnc([C@@H]5CCCN5C(=O)[C@@H](c5ccccc5)N(C)C(=O)O)[nH]4)cc3)cc2)[nH]1. The third-order valence-corrected chi connectivity index (χ3v) is 10.0. The molecule has 0 saturated carbocycles. The fraction of sp³-hybridized carbons (Fsp3) is 0.308. The number of amides is 4. The zero-order chi connectivity index (χ0) is 35.6. The molecule has 2 aliphatic rings. The summed E-state index contributed by atoms with van der Waals surface area (Å²) in [5.41, 5.74) is 6.53. The first-order valence-corrected chi connectivity index (χ1v) is 17.3. The maximum absolute atomic E-state index is 13.9. The number of rotatable bonds is 8. The number of aromatic nitrogens is 4. The van der Waals surface area contributed by atoms with Gasteiger partial charge in [-0.1, -0.05) is 78.9 Å². The van der Waals surface area contributed by atoms with E-state index in [-0.39, 0.29) is 24.0 Å². The molecule has 262 valence electrons. The molecule has 5 aromatic rings. The number of likely N-dealkylation sites (tertiary alicyclic amines) is 2. The number of aromatic amines is 2. The van der Waals surface area contributed by atoms with Crippen molar-refractivity contribution in [1.82, 2.24) is 39.5 Å². The van der Waals surface area contributed by atoms with Crippen molar-refractivity contribution in [2.24, 2.45) is 0 Å². The molecule has 0 bridgehead atoms. The Hall–Kier alpha value is -5.91. The van der Waals surface area contributed by atoms with Crippen LogP contribution in [0.3, 0.4) is 0 Å². The summed E-state index contributed by atoms with van der Waals surface area (Å²) in [5.74, 6) is 1.24. The molecule has 2 saturated heterocycles. The highest BCUT2D eigenvalue weighted by molar-refractivity contribution is 5.87. The Kier molecular flexibility index (Phi) is 9.31. The minimum Gasteiger partial charge on any atom is -0.465 e. The first kappa shape index (κ1) is 33.6. The lowest BCUT2D eigenvalue weighted by molar-refractivity contribution is -0.137. The molecule has 0 spiro atoms. The van der Waals surface area contributed by atoms with Gasteiger partial charge in [0.15, 0.2) is 0 Å². The Morgan fingerprint density at radius 3 is 1.67 bits per heavy atom. The Balaban J connectivity index is 1.03. The van der Waals surface area contributed by atoms with Crippen LogP contribution in [-0.2, 0) is 4.79 Å². The van der Waals surface area contributed by atoms with Gasteiger partial charge >= 0.3 is 12.1 Å². The number of carbonyl (C=O) groups excluding carboxylic acids is 2. The van der Waals surface area contributed by atoms with E-state index in [4.69, 9.17) is 0 Å². The molecule has 4 heterocycles. The van der Waals surface area contributed by atoms with Crippen molar-refractivity contribution in [2.75, 3.05) is 34.2 Å². The van der Waals surface area contributed by atoms with Gasteiger partial charge in [0, 0.05) is 34.2 Å². The van der Waals surface area contributed by atoms with E-state index < -0.39 is 12.1 Å². The summed E-state index contributed by atoms with van der Waals surface area (Å²) in [6, 6.07) is 24.4. The molecular weight excluding hydrogens is 644 g/mol. The smallest absolute Gasteiger partial charge is 0.407 e. The van der Waals surface area contributed by atoms with Gasteiger partial charge in [0.25, 0.3) is 5.91 Å². The van der Waals surface area contributed by atoms with Crippen LogP contribution >= 0.6 is 0 Å². The zero-order valence-corrected chi connectivity index (χ0v) is 29.0. The maximum Gasteiger partial charge on any atom is 0.407 e. The van der Waals surface area contributed by atoms with Crippen LogP contribution in [0.2, 0.25) is 0 Å². The fourth-order valence-corrected chi connectivity index (χ4v) is 7.28. The normalized spacial score (nSPS) is 17.8. The average molecular weight is 687 g/mol. The Morgan fingerprint density at radius 1 is 0.706 bits per heavy atom. The van der Waals surface area contributed by atoms with Crippen molar-refractivity contribution < 1.29 is 19.5 Å². The molecule has 12 heteroatoms. The van der Waals surface area contributed by atoms with Crippen molar-refractivity contribution in [1.29, 1.82) is 0 Å². The Bertz CT molecular complexity index is 2000. The minimum atomic E-state index is -1.16. The molecular formula is C39H42N8O4. The summed E-state index contributed by atoms with van der Waals surface area (Å²) in [4.78, 5) is 61.0. The van der Waals surface area contributed by atoms with Crippen molar-refractivity contribution >= 4 is 18.0 Å². The molecule has 2 aliphatic heterocycles. The number of hydrogen-bond acceptors (Lipinski definition) is 5. The lowest BCUT2D eigenvalue weighted by atomic mass is 10.0. The lowest BCUT2D eigenvalue weighted by Gasteiger charge is -2.32. The predicted molar refractivity (Wildman–Crippen MR) is 193 cm³/mol. The lowest BCUT2D eigenvalue weighted by Crippen LogP contribution is -2.43. The minimum absolute atomic E-state index is 0.00567. The molecule has 0 aliphatic carbocycles. The van der Waals surface area contributed by atoms with Gasteiger partial charge in [-0.25, -0.2) is 19.6 Å². The van der Waals surface area contributed by atoms with Crippen molar-refractivity contribution in [3.8, 4) is 33.6 Å². The maximum atomic E-state index is 13.9. The Morgan fingerprint density at radius 2 is 1.18 bits per heavy atom. The number of benzene rings is 3. The number of carboxylic acid groups (broad SMARTS) is 1. The second kappa shape index (κ2) is 14.1. The number of urea groups is 1. The number of carbonyl (C=O) groups is 3. The summed E-state index contributed by atoms with van der Waals surface area (Å²) < 4.78 is 0. The van der Waals surface area contributed by atoms with Gasteiger partial charge in [-0.2, -0.15) is 0 Å². The van der Waals surface area contributed by atoms with Crippen LogP contribution in [0.4, 0.5) is 9.59 Å². The zero-order valence-electron chi connectivity index (χ0n) is 29.0. The number of nitrogens with one attached hydrogen (secondary N) is 2. The van der Waals surface area contributed by atoms with Gasteiger partial charge in [-0.15, -0.1) is 0 Å². The third-order valence-electron chi connectivity index (χ3n) is 10.0. The van der Waals surface area contributed by atoms with E-state index in [9.17, 15) is 19.5 Å². The van der Waals surface area contributed by atoms with E-state index in [1.54, 1.807) is 42.2 Å². The van der Waals surface area contributed by atoms with Crippen LogP contribution in [0.25, 0.3) is 33.6 Å². The number of imidazole rings is 2. The van der Waals surface area contributed by atoms with Gasteiger partial charge in [0.2, 0.25) is 0 Å². The fourth-order valence-electron chi connectivity index (χ4n) is 7.28. The van der Waals surface area contributed by atoms with Gasteiger partial charge < -0.3 is 29.8 Å². The topological polar surface area (TPSA) is 142 Å². The predicted octanol–water partition coefficient (Wildman–Crippen LogP) is 6.97. The van der Waals surface area contributed by atoms with Crippen LogP contribution in [0.15, 0.2) is 91.3 Å². The molecule has 51 heavy (non-hydrogen) atoms. The van der Waals surface area contributed by atoms with E-state index in [0.29, 0.717) is 17.9 Å². The highest BCUT2D eigenvalue weighted by Crippen LogP contribution is 2.36. The molecule has 0 radical (unpaired) electrons. The number of H-pyrrole nitrogens is 2. The van der Waals surface area contributed by atoms with Gasteiger partial charge in [-0.3, -0.25) is 9.69 Å². The Labute approximate surface area is 296 Å².